The summed E-state index contributed by atoms with van der Waals surface area (Å²) in [5.41, 5.74) is 0.910. The molecule has 19 heavy (non-hydrogen) atoms. The van der Waals surface area contributed by atoms with Gasteiger partial charge in [-0.3, -0.25) is 14.8 Å². The highest BCUT2D eigenvalue weighted by Gasteiger charge is 2.28. The average molecular weight is 267 g/mol. The van der Waals surface area contributed by atoms with Crippen LogP contribution in [0.2, 0.25) is 0 Å². The fourth-order valence-corrected chi connectivity index (χ4v) is 2.00. The summed E-state index contributed by atoms with van der Waals surface area (Å²) in [6, 6.07) is -0.925. The van der Waals surface area contributed by atoms with Crippen molar-refractivity contribution in [3.05, 3.63) is 24.3 Å². The Hall–Kier alpha value is -1.53. The number of carboxylic acids is 1. The van der Waals surface area contributed by atoms with Crippen molar-refractivity contribution in [3.8, 4) is 0 Å². The van der Waals surface area contributed by atoms with Crippen LogP contribution in [0.4, 0.5) is 0 Å². The van der Waals surface area contributed by atoms with Gasteiger partial charge in [0.15, 0.2) is 0 Å². The maximum Gasteiger partial charge on any atom is 0.323 e. The number of aromatic nitrogens is 2. The summed E-state index contributed by atoms with van der Waals surface area (Å²) in [7, 11) is 1.54. The van der Waals surface area contributed by atoms with Gasteiger partial charge in [-0.25, -0.2) is 0 Å². The Morgan fingerprint density at radius 1 is 1.47 bits per heavy atom. The Balaban J connectivity index is 2.38. The van der Waals surface area contributed by atoms with Crippen LogP contribution in [0.1, 0.15) is 25.5 Å². The lowest BCUT2D eigenvalue weighted by atomic mass is 9.92. The molecule has 0 aliphatic rings. The van der Waals surface area contributed by atoms with E-state index >= 15 is 0 Å². The van der Waals surface area contributed by atoms with Crippen molar-refractivity contribution < 1.29 is 15.0 Å². The molecule has 0 saturated carbocycles. The van der Waals surface area contributed by atoms with Gasteiger partial charge in [0.2, 0.25) is 0 Å². The molecule has 6 heteroatoms. The highest BCUT2D eigenvalue weighted by atomic mass is 16.4. The third-order valence-corrected chi connectivity index (χ3v) is 3.21. The third-order valence-electron chi connectivity index (χ3n) is 3.21. The molecule has 1 aromatic heterocycles. The van der Waals surface area contributed by atoms with Crippen molar-refractivity contribution in [3.63, 3.8) is 0 Å². The number of carboxylic acid groups (broad SMARTS) is 1. The molecule has 6 nitrogen and oxygen atoms in total. The third kappa shape index (κ3) is 4.92. The molecule has 1 rings (SSSR count). The van der Waals surface area contributed by atoms with Crippen molar-refractivity contribution in [2.75, 3.05) is 7.05 Å². The predicted octanol–water partition coefficient (Wildman–Crippen LogP) is 0.469. The first kappa shape index (κ1) is 15.5. The first-order chi connectivity index (χ1) is 9.06. The van der Waals surface area contributed by atoms with Crippen LogP contribution in [-0.2, 0) is 11.2 Å². The largest absolute Gasteiger partial charge is 0.480 e. The molecule has 0 aliphatic carbocycles. The zero-order chi connectivity index (χ0) is 14.3. The molecule has 0 bridgehead atoms. The molecule has 3 atom stereocenters. The summed E-state index contributed by atoms with van der Waals surface area (Å²) in [6.45, 7) is 1.86. The average Bonchev–Trinajstić information content (AvgIpc) is 2.40. The van der Waals surface area contributed by atoms with Gasteiger partial charge in [-0.1, -0.05) is 6.92 Å². The summed E-state index contributed by atoms with van der Waals surface area (Å²) in [6.07, 6.45) is 6.45. The molecule has 0 radical (unpaired) electrons. The van der Waals surface area contributed by atoms with Gasteiger partial charge in [0.05, 0.1) is 11.8 Å². The van der Waals surface area contributed by atoms with E-state index in [2.05, 4.69) is 15.3 Å². The van der Waals surface area contributed by atoms with Gasteiger partial charge < -0.3 is 15.5 Å². The number of hydrogen-bond donors (Lipinski definition) is 3. The lowest BCUT2D eigenvalue weighted by molar-refractivity contribution is -0.143. The van der Waals surface area contributed by atoms with Gasteiger partial charge in [-0.2, -0.15) is 0 Å². The monoisotopic (exact) mass is 267 g/mol. The summed E-state index contributed by atoms with van der Waals surface area (Å²) in [5.74, 6) is -1.12. The second-order valence-corrected chi connectivity index (χ2v) is 4.66. The van der Waals surface area contributed by atoms with E-state index in [4.69, 9.17) is 5.11 Å². The molecule has 0 fully saturated rings. The summed E-state index contributed by atoms with van der Waals surface area (Å²) >= 11 is 0. The maximum atomic E-state index is 10.9. The number of hydrogen-bond acceptors (Lipinski definition) is 5. The van der Waals surface area contributed by atoms with E-state index in [9.17, 15) is 9.90 Å². The Morgan fingerprint density at radius 3 is 2.74 bits per heavy atom. The van der Waals surface area contributed by atoms with E-state index in [1.54, 1.807) is 18.6 Å². The molecule has 0 aromatic carbocycles. The van der Waals surface area contributed by atoms with Crippen molar-refractivity contribution >= 4 is 5.97 Å². The van der Waals surface area contributed by atoms with Crippen molar-refractivity contribution in [2.24, 2.45) is 5.92 Å². The predicted molar refractivity (Wildman–Crippen MR) is 70.6 cm³/mol. The van der Waals surface area contributed by atoms with Crippen molar-refractivity contribution in [1.29, 1.82) is 0 Å². The molecule has 0 unspecified atom stereocenters. The number of nitrogens with one attached hydrogen (secondary N) is 1. The van der Waals surface area contributed by atoms with Crippen LogP contribution in [0.15, 0.2) is 18.6 Å². The molecule has 1 aromatic rings. The lowest BCUT2D eigenvalue weighted by Gasteiger charge is -2.24. The van der Waals surface area contributed by atoms with E-state index in [0.29, 0.717) is 0 Å². The zero-order valence-electron chi connectivity index (χ0n) is 11.3. The van der Waals surface area contributed by atoms with E-state index in [1.807, 2.05) is 6.92 Å². The zero-order valence-corrected chi connectivity index (χ0v) is 11.3. The topological polar surface area (TPSA) is 95.3 Å². The Labute approximate surface area is 112 Å². The number of likely N-dealkylation sites (N-methyl/N-ethyl adjacent to an activating group) is 1. The van der Waals surface area contributed by atoms with Crippen LogP contribution in [-0.4, -0.2) is 45.3 Å². The van der Waals surface area contributed by atoms with Crippen LogP contribution < -0.4 is 5.32 Å². The minimum Gasteiger partial charge on any atom is -0.480 e. The molecule has 0 saturated heterocycles. The van der Waals surface area contributed by atoms with E-state index in [0.717, 1.165) is 25.0 Å². The van der Waals surface area contributed by atoms with E-state index < -0.39 is 18.1 Å². The standard InChI is InChI=1S/C13H21N3O3/c1-9(12(17)11(14-2)13(18)19)4-3-5-10-8-15-6-7-16-10/h6-9,11-12,14,17H,3-5H2,1-2H3,(H,18,19)/t9-,11+,12-/m1/s1. The molecule has 106 valence electrons. The van der Waals surface area contributed by atoms with Gasteiger partial charge >= 0.3 is 5.97 Å². The van der Waals surface area contributed by atoms with Gasteiger partial charge in [0.25, 0.3) is 0 Å². The number of aliphatic hydroxyl groups is 1. The quantitative estimate of drug-likeness (QED) is 0.633. The highest BCUT2D eigenvalue weighted by Crippen LogP contribution is 2.15. The lowest BCUT2D eigenvalue weighted by Crippen LogP contribution is -2.47. The first-order valence-corrected chi connectivity index (χ1v) is 6.39. The van der Waals surface area contributed by atoms with Crippen molar-refractivity contribution in [1.82, 2.24) is 15.3 Å². The second-order valence-electron chi connectivity index (χ2n) is 4.66. The van der Waals surface area contributed by atoms with Crippen LogP contribution in [0.25, 0.3) is 0 Å². The smallest absolute Gasteiger partial charge is 0.323 e. The normalized spacial score (nSPS) is 15.7. The molecule has 0 aliphatic heterocycles. The molecular weight excluding hydrogens is 246 g/mol. The number of aryl methyl sites for hydroxylation is 1. The minimum atomic E-state index is -1.03. The van der Waals surface area contributed by atoms with Crippen molar-refractivity contribution in [2.45, 2.75) is 38.3 Å². The van der Waals surface area contributed by atoms with Crippen LogP contribution in [0, 0.1) is 5.92 Å². The Bertz CT molecular complexity index is 386. The fourth-order valence-electron chi connectivity index (χ4n) is 2.00. The molecule has 0 amide bonds. The summed E-state index contributed by atoms with van der Waals surface area (Å²) < 4.78 is 0. The Kier molecular flexibility index (Phi) is 6.38. The number of nitrogens with zero attached hydrogens (tertiary/aromatic N) is 2. The highest BCUT2D eigenvalue weighted by molar-refractivity contribution is 5.74. The second kappa shape index (κ2) is 7.81. The SMILES string of the molecule is CN[C@H](C(=O)O)[C@H](O)[C@H](C)CCCc1cnccn1. The van der Waals surface area contributed by atoms with Gasteiger partial charge in [-0.15, -0.1) is 0 Å². The number of carbonyl (C=O) groups is 1. The van der Waals surface area contributed by atoms with Crippen LogP contribution in [0.5, 0.6) is 0 Å². The van der Waals surface area contributed by atoms with Crippen LogP contribution in [0.3, 0.4) is 0 Å². The number of aliphatic hydroxyl groups excluding tert-OH is 1. The van der Waals surface area contributed by atoms with Gasteiger partial charge in [0.1, 0.15) is 6.04 Å². The number of aliphatic carboxylic acids is 1. The molecule has 1 heterocycles. The summed E-state index contributed by atoms with van der Waals surface area (Å²) in [4.78, 5) is 19.1. The maximum absolute atomic E-state index is 10.9. The van der Waals surface area contributed by atoms with Crippen LogP contribution >= 0.6 is 0 Å². The van der Waals surface area contributed by atoms with Gasteiger partial charge in [-0.05, 0) is 32.2 Å². The van der Waals surface area contributed by atoms with Gasteiger partial charge in [0, 0.05) is 18.6 Å². The van der Waals surface area contributed by atoms with E-state index in [1.165, 1.54) is 7.05 Å². The number of rotatable bonds is 8. The van der Waals surface area contributed by atoms with E-state index in [-0.39, 0.29) is 5.92 Å². The fraction of sp³-hybridized carbons (Fsp3) is 0.615. The Morgan fingerprint density at radius 2 is 2.21 bits per heavy atom. The summed E-state index contributed by atoms with van der Waals surface area (Å²) in [5, 5.41) is 21.5. The molecular formula is C13H21N3O3. The minimum absolute atomic E-state index is 0.0924. The molecule has 3 N–H and O–H groups in total. The first-order valence-electron chi connectivity index (χ1n) is 6.39. The molecule has 0 spiro atoms.